The highest BCUT2D eigenvalue weighted by molar-refractivity contribution is 6.10. The van der Waals surface area contributed by atoms with Gasteiger partial charge in [-0.15, -0.1) is 0 Å². The average molecular weight is 683 g/mol. The Morgan fingerprint density at radius 3 is 1.66 bits per heavy atom. The van der Waals surface area contributed by atoms with Gasteiger partial charge >= 0.3 is 0 Å². The molecule has 5 heteroatoms. The van der Waals surface area contributed by atoms with Gasteiger partial charge in [0.2, 0.25) is 0 Å². The first kappa shape index (κ1) is 30.9. The van der Waals surface area contributed by atoms with E-state index in [1.165, 1.54) is 21.9 Å². The van der Waals surface area contributed by atoms with Crippen LogP contribution in [0.15, 0.2) is 170 Å². The number of rotatable bonds is 5. The molecule has 5 nitrogen and oxygen atoms in total. The smallest absolute Gasteiger partial charge is 0.167 e. The van der Waals surface area contributed by atoms with Crippen LogP contribution in [0, 0.1) is 0 Å². The first-order valence-corrected chi connectivity index (χ1v) is 18.0. The molecule has 10 rings (SSSR count). The first-order valence-electron chi connectivity index (χ1n) is 18.0. The zero-order valence-corrected chi connectivity index (χ0v) is 29.4. The molecular formula is C48H34N4O. The Morgan fingerprint density at radius 2 is 0.981 bits per heavy atom. The molecule has 0 N–H and O–H groups in total. The summed E-state index contributed by atoms with van der Waals surface area (Å²) in [7, 11) is 0. The Hall–Kier alpha value is -6.85. The summed E-state index contributed by atoms with van der Waals surface area (Å²) in [6, 6.07) is 59.0. The maximum absolute atomic E-state index is 7.21. The molecule has 2 aromatic heterocycles. The van der Waals surface area contributed by atoms with E-state index in [1.54, 1.807) is 0 Å². The summed E-state index contributed by atoms with van der Waals surface area (Å²) < 4.78 is 9.57. The van der Waals surface area contributed by atoms with E-state index in [4.69, 9.17) is 19.7 Å². The largest absolute Gasteiger partial charge is 0.454 e. The zero-order valence-electron chi connectivity index (χ0n) is 29.4. The second-order valence-electron chi connectivity index (χ2n) is 14.1. The molecule has 0 atom stereocenters. The van der Waals surface area contributed by atoms with Gasteiger partial charge in [0.05, 0.1) is 22.3 Å². The molecule has 0 saturated carbocycles. The lowest BCUT2D eigenvalue weighted by molar-refractivity contribution is 0.418. The number of nitrogens with zero attached hydrogens (tertiary/aromatic N) is 4. The van der Waals surface area contributed by atoms with Crippen LogP contribution in [0.2, 0.25) is 0 Å². The van der Waals surface area contributed by atoms with Crippen molar-refractivity contribution < 1.29 is 4.74 Å². The third kappa shape index (κ3) is 5.04. The number of aromatic nitrogens is 4. The van der Waals surface area contributed by atoms with Gasteiger partial charge in [-0.2, -0.15) is 0 Å². The molecule has 0 fully saturated rings. The summed E-state index contributed by atoms with van der Waals surface area (Å²) in [4.78, 5) is 15.1. The quantitative estimate of drug-likeness (QED) is 0.181. The van der Waals surface area contributed by atoms with Crippen molar-refractivity contribution in [2.45, 2.75) is 19.3 Å². The molecule has 7 aromatic carbocycles. The number of ether oxygens (including phenoxy) is 1. The summed E-state index contributed by atoms with van der Waals surface area (Å²) in [5.41, 5.74) is 10.1. The minimum absolute atomic E-state index is 0.383. The highest BCUT2D eigenvalue weighted by atomic mass is 16.5. The molecule has 0 saturated heterocycles. The summed E-state index contributed by atoms with van der Waals surface area (Å²) in [5, 5.41) is 2.39. The fourth-order valence-electron chi connectivity index (χ4n) is 7.83. The molecular weight excluding hydrogens is 649 g/mol. The zero-order chi connectivity index (χ0) is 35.5. The maximum Gasteiger partial charge on any atom is 0.167 e. The first-order chi connectivity index (χ1) is 26.0. The Morgan fingerprint density at radius 1 is 0.434 bits per heavy atom. The van der Waals surface area contributed by atoms with Gasteiger partial charge in [-0.1, -0.05) is 153 Å². The Kier molecular flexibility index (Phi) is 7.08. The van der Waals surface area contributed by atoms with Crippen LogP contribution in [-0.4, -0.2) is 19.5 Å². The minimum atomic E-state index is -0.383. The SMILES string of the molecule is CC1(C)c2cccc(-c3nc(-c4ccccc4)nc(-c4ccccc4)n3)c2Oc2c(-n3c4ccccc4c4cc(-c5ccccc5)ccc43)cccc21. The summed E-state index contributed by atoms with van der Waals surface area (Å²) in [6.45, 7) is 4.55. The van der Waals surface area contributed by atoms with Crippen LogP contribution in [0.5, 0.6) is 11.5 Å². The third-order valence-electron chi connectivity index (χ3n) is 10.5. The summed E-state index contributed by atoms with van der Waals surface area (Å²) >= 11 is 0. The van der Waals surface area contributed by atoms with Crippen LogP contribution in [-0.2, 0) is 5.41 Å². The van der Waals surface area contributed by atoms with E-state index >= 15 is 0 Å². The van der Waals surface area contributed by atoms with Gasteiger partial charge < -0.3 is 9.30 Å². The van der Waals surface area contributed by atoms with E-state index in [0.29, 0.717) is 17.5 Å². The molecule has 3 heterocycles. The van der Waals surface area contributed by atoms with E-state index in [-0.39, 0.29) is 5.41 Å². The average Bonchev–Trinajstić information content (AvgIpc) is 3.55. The number of para-hydroxylation sites is 3. The Balaban J connectivity index is 1.18. The summed E-state index contributed by atoms with van der Waals surface area (Å²) in [5.74, 6) is 3.38. The van der Waals surface area contributed by atoms with Crippen LogP contribution in [0.3, 0.4) is 0 Å². The Labute approximate surface area is 307 Å². The molecule has 252 valence electrons. The molecule has 53 heavy (non-hydrogen) atoms. The highest BCUT2D eigenvalue weighted by Crippen LogP contribution is 2.53. The van der Waals surface area contributed by atoms with Gasteiger partial charge in [-0.25, -0.2) is 15.0 Å². The number of fused-ring (bicyclic) bond motifs is 5. The van der Waals surface area contributed by atoms with Crippen molar-refractivity contribution >= 4 is 21.8 Å². The van der Waals surface area contributed by atoms with E-state index in [1.807, 2.05) is 60.7 Å². The lowest BCUT2D eigenvalue weighted by atomic mass is 9.75. The second kappa shape index (κ2) is 12.1. The molecule has 0 unspecified atom stereocenters. The van der Waals surface area contributed by atoms with Crippen molar-refractivity contribution in [1.29, 1.82) is 0 Å². The van der Waals surface area contributed by atoms with E-state index in [9.17, 15) is 0 Å². The summed E-state index contributed by atoms with van der Waals surface area (Å²) in [6.07, 6.45) is 0. The van der Waals surface area contributed by atoms with Crippen LogP contribution in [0.25, 0.3) is 72.8 Å². The van der Waals surface area contributed by atoms with Crippen LogP contribution in [0.1, 0.15) is 25.0 Å². The van der Waals surface area contributed by atoms with E-state index < -0.39 is 0 Å². The van der Waals surface area contributed by atoms with Crippen LogP contribution in [0.4, 0.5) is 0 Å². The molecule has 0 radical (unpaired) electrons. The van der Waals surface area contributed by atoms with Crippen molar-refractivity contribution in [3.05, 3.63) is 181 Å². The van der Waals surface area contributed by atoms with E-state index in [0.717, 1.165) is 56.0 Å². The standard InChI is InChI=1S/C48H34N4O/c1-48(2)38-24-14-23-36(47-50-45(32-18-8-4-9-19-32)49-46(51-47)33-20-10-5-11-21-33)43(38)53-44-39(48)25-15-27-42(44)52-40-26-13-12-22-35(40)37-30-34(28-29-41(37)52)31-16-6-3-7-17-31/h3-30H,1-2H3. The lowest BCUT2D eigenvalue weighted by Gasteiger charge is -2.36. The monoisotopic (exact) mass is 682 g/mol. The van der Waals surface area contributed by atoms with Crippen LogP contribution >= 0.6 is 0 Å². The van der Waals surface area contributed by atoms with Crippen LogP contribution < -0.4 is 4.74 Å². The van der Waals surface area contributed by atoms with Gasteiger partial charge in [-0.3, -0.25) is 0 Å². The number of hydrogen-bond donors (Lipinski definition) is 0. The van der Waals surface area contributed by atoms with Crippen molar-refractivity contribution in [2.24, 2.45) is 0 Å². The highest BCUT2D eigenvalue weighted by Gasteiger charge is 2.38. The number of hydrogen-bond acceptors (Lipinski definition) is 4. The molecule has 0 aliphatic carbocycles. The minimum Gasteiger partial charge on any atom is -0.454 e. The van der Waals surface area contributed by atoms with Crippen molar-refractivity contribution in [2.75, 3.05) is 0 Å². The maximum atomic E-state index is 7.21. The third-order valence-corrected chi connectivity index (χ3v) is 10.5. The lowest BCUT2D eigenvalue weighted by Crippen LogP contribution is -2.25. The molecule has 0 amide bonds. The molecule has 9 aromatic rings. The topological polar surface area (TPSA) is 52.8 Å². The number of benzene rings is 7. The van der Waals surface area contributed by atoms with Crippen molar-refractivity contribution in [1.82, 2.24) is 19.5 Å². The Bertz CT molecular complexity index is 2770. The molecule has 1 aliphatic rings. The predicted octanol–water partition coefficient (Wildman–Crippen LogP) is 12.1. The van der Waals surface area contributed by atoms with Gasteiger partial charge in [0.15, 0.2) is 23.2 Å². The molecule has 0 spiro atoms. The molecule has 1 aliphatic heterocycles. The van der Waals surface area contributed by atoms with Gasteiger partial charge in [0.1, 0.15) is 5.75 Å². The van der Waals surface area contributed by atoms with E-state index in [2.05, 4.69) is 128 Å². The second-order valence-corrected chi connectivity index (χ2v) is 14.1. The van der Waals surface area contributed by atoms with Gasteiger partial charge in [-0.05, 0) is 41.5 Å². The fourth-order valence-corrected chi connectivity index (χ4v) is 7.83. The fraction of sp³-hybridized carbons (Fsp3) is 0.0625. The molecule has 0 bridgehead atoms. The predicted molar refractivity (Wildman–Crippen MR) is 215 cm³/mol. The normalized spacial score (nSPS) is 13.0. The van der Waals surface area contributed by atoms with Crippen molar-refractivity contribution in [3.8, 4) is 62.5 Å². The van der Waals surface area contributed by atoms with Crippen molar-refractivity contribution in [3.63, 3.8) is 0 Å². The van der Waals surface area contributed by atoms with Gasteiger partial charge in [0, 0.05) is 38.4 Å². The van der Waals surface area contributed by atoms with Gasteiger partial charge in [0.25, 0.3) is 0 Å².